The highest BCUT2D eigenvalue weighted by molar-refractivity contribution is 14.0. The normalized spacial score (nSPS) is 10.8. The minimum Gasteiger partial charge on any atom is -0.496 e. The zero-order valence-electron chi connectivity index (χ0n) is 16.7. The Kier molecular flexibility index (Phi) is 9.92. The number of anilines is 1. The van der Waals surface area contributed by atoms with Crippen LogP contribution in [-0.2, 0) is 13.1 Å². The third-order valence-corrected chi connectivity index (χ3v) is 3.88. The minimum atomic E-state index is 0. The van der Waals surface area contributed by atoms with E-state index in [9.17, 15) is 0 Å². The van der Waals surface area contributed by atoms with Crippen molar-refractivity contribution in [1.29, 1.82) is 0 Å². The van der Waals surface area contributed by atoms with Crippen molar-refractivity contribution in [2.45, 2.75) is 26.9 Å². The molecule has 0 aliphatic heterocycles. The molecule has 0 saturated carbocycles. The van der Waals surface area contributed by atoms with Gasteiger partial charge in [0.15, 0.2) is 5.96 Å². The molecule has 0 amide bonds. The summed E-state index contributed by atoms with van der Waals surface area (Å²) in [7, 11) is 5.66. The first kappa shape index (κ1) is 23.0. The number of aliphatic imine (C=N–C) groups is 1. The van der Waals surface area contributed by atoms with Crippen LogP contribution in [-0.4, -0.2) is 38.7 Å². The van der Waals surface area contributed by atoms with E-state index in [1.54, 1.807) is 7.11 Å². The third-order valence-electron chi connectivity index (χ3n) is 3.88. The van der Waals surface area contributed by atoms with Gasteiger partial charge in [0, 0.05) is 26.2 Å². The Balaban J connectivity index is 0.00000364. The molecule has 2 aromatic rings. The lowest BCUT2D eigenvalue weighted by molar-refractivity contribution is 0.409. The maximum absolute atomic E-state index is 5.46. The average molecular weight is 483 g/mol. The highest BCUT2D eigenvalue weighted by atomic mass is 127. The van der Waals surface area contributed by atoms with Gasteiger partial charge in [0.1, 0.15) is 11.6 Å². The summed E-state index contributed by atoms with van der Waals surface area (Å²) in [5, 5.41) is 6.61. The van der Waals surface area contributed by atoms with Crippen LogP contribution in [0.15, 0.2) is 41.4 Å². The number of ether oxygens (including phenoxy) is 1. The van der Waals surface area contributed by atoms with Crippen molar-refractivity contribution in [1.82, 2.24) is 15.6 Å². The number of nitrogens with zero attached hydrogens (tertiary/aromatic N) is 3. The summed E-state index contributed by atoms with van der Waals surface area (Å²) in [6, 6.07) is 12.2. The summed E-state index contributed by atoms with van der Waals surface area (Å²) in [5.41, 5.74) is 3.20. The molecule has 1 aromatic heterocycles. The van der Waals surface area contributed by atoms with E-state index in [1.807, 2.05) is 43.3 Å². The molecule has 7 heteroatoms. The van der Waals surface area contributed by atoms with Gasteiger partial charge in [-0.05, 0) is 37.6 Å². The van der Waals surface area contributed by atoms with Gasteiger partial charge in [-0.3, -0.25) is 0 Å². The van der Waals surface area contributed by atoms with Crippen LogP contribution in [0.2, 0.25) is 0 Å². The molecule has 0 fully saturated rings. The van der Waals surface area contributed by atoms with Crippen LogP contribution in [0.4, 0.5) is 5.82 Å². The van der Waals surface area contributed by atoms with Crippen molar-refractivity contribution in [2.75, 3.05) is 32.6 Å². The summed E-state index contributed by atoms with van der Waals surface area (Å²) < 4.78 is 5.46. The third kappa shape index (κ3) is 7.24. The summed E-state index contributed by atoms with van der Waals surface area (Å²) in [4.78, 5) is 11.3. The first-order valence-electron chi connectivity index (χ1n) is 8.82. The Morgan fingerprint density at radius 3 is 2.63 bits per heavy atom. The van der Waals surface area contributed by atoms with Crippen molar-refractivity contribution in [3.8, 4) is 5.75 Å². The first-order chi connectivity index (χ1) is 12.5. The lowest BCUT2D eigenvalue weighted by Crippen LogP contribution is -2.37. The second kappa shape index (κ2) is 11.6. The molecule has 0 aliphatic rings. The predicted octanol–water partition coefficient (Wildman–Crippen LogP) is 3.34. The van der Waals surface area contributed by atoms with Gasteiger partial charge in [-0.25, -0.2) is 9.98 Å². The molecular formula is C20H30IN5O. The smallest absolute Gasteiger partial charge is 0.191 e. The molecule has 0 spiro atoms. The topological polar surface area (TPSA) is 61.8 Å². The number of pyridine rings is 1. The monoisotopic (exact) mass is 483 g/mol. The van der Waals surface area contributed by atoms with Gasteiger partial charge < -0.3 is 20.3 Å². The van der Waals surface area contributed by atoms with Crippen LogP contribution in [0.1, 0.15) is 23.7 Å². The average Bonchev–Trinajstić information content (AvgIpc) is 2.64. The fourth-order valence-corrected chi connectivity index (χ4v) is 2.48. The Morgan fingerprint density at radius 2 is 1.96 bits per heavy atom. The number of halogens is 1. The van der Waals surface area contributed by atoms with E-state index in [0.29, 0.717) is 13.1 Å². The van der Waals surface area contributed by atoms with E-state index in [0.717, 1.165) is 35.3 Å². The van der Waals surface area contributed by atoms with Gasteiger partial charge in [0.2, 0.25) is 0 Å². The highest BCUT2D eigenvalue weighted by Crippen LogP contribution is 2.20. The quantitative estimate of drug-likeness (QED) is 0.360. The van der Waals surface area contributed by atoms with Crippen molar-refractivity contribution in [3.63, 3.8) is 0 Å². The SMILES string of the molecule is CCNC(=NCc1ccc(C)cc1OC)NCc1cccc(N(C)C)n1.I. The summed E-state index contributed by atoms with van der Waals surface area (Å²) in [6.07, 6.45) is 0. The number of methoxy groups -OCH3 is 1. The predicted molar refractivity (Wildman–Crippen MR) is 123 cm³/mol. The molecule has 2 rings (SSSR count). The first-order valence-corrected chi connectivity index (χ1v) is 8.82. The largest absolute Gasteiger partial charge is 0.496 e. The summed E-state index contributed by atoms with van der Waals surface area (Å²) >= 11 is 0. The van der Waals surface area contributed by atoms with Crippen molar-refractivity contribution < 1.29 is 4.74 Å². The number of aryl methyl sites for hydroxylation is 1. The van der Waals surface area contributed by atoms with Gasteiger partial charge >= 0.3 is 0 Å². The van der Waals surface area contributed by atoms with E-state index in [4.69, 9.17) is 4.74 Å². The number of aromatic nitrogens is 1. The highest BCUT2D eigenvalue weighted by Gasteiger charge is 2.05. The fourth-order valence-electron chi connectivity index (χ4n) is 2.48. The van der Waals surface area contributed by atoms with Crippen molar-refractivity contribution in [3.05, 3.63) is 53.2 Å². The Hall–Kier alpha value is -2.03. The molecule has 0 bridgehead atoms. The minimum absolute atomic E-state index is 0. The van der Waals surface area contributed by atoms with E-state index in [2.05, 4.69) is 46.6 Å². The molecule has 0 saturated heterocycles. The van der Waals surface area contributed by atoms with Crippen LogP contribution < -0.4 is 20.3 Å². The van der Waals surface area contributed by atoms with Crippen LogP contribution >= 0.6 is 24.0 Å². The molecule has 0 unspecified atom stereocenters. The van der Waals surface area contributed by atoms with E-state index in [1.165, 1.54) is 5.56 Å². The van der Waals surface area contributed by atoms with Gasteiger partial charge in [0.05, 0.1) is 25.9 Å². The second-order valence-corrected chi connectivity index (χ2v) is 6.25. The molecule has 148 valence electrons. The molecule has 1 aromatic carbocycles. The van der Waals surface area contributed by atoms with Gasteiger partial charge in [-0.2, -0.15) is 0 Å². The summed E-state index contributed by atoms with van der Waals surface area (Å²) in [5.74, 6) is 2.56. The lowest BCUT2D eigenvalue weighted by atomic mass is 10.1. The number of rotatable bonds is 7. The van der Waals surface area contributed by atoms with Crippen molar-refractivity contribution in [2.24, 2.45) is 4.99 Å². The van der Waals surface area contributed by atoms with Crippen LogP contribution in [0.5, 0.6) is 5.75 Å². The van der Waals surface area contributed by atoms with E-state index in [-0.39, 0.29) is 24.0 Å². The van der Waals surface area contributed by atoms with Gasteiger partial charge in [-0.1, -0.05) is 18.2 Å². The zero-order chi connectivity index (χ0) is 18.9. The van der Waals surface area contributed by atoms with Crippen molar-refractivity contribution >= 4 is 35.8 Å². The molecule has 2 N–H and O–H groups in total. The number of nitrogens with one attached hydrogen (secondary N) is 2. The molecule has 1 heterocycles. The fraction of sp³-hybridized carbons (Fsp3) is 0.400. The van der Waals surface area contributed by atoms with Crippen LogP contribution in [0, 0.1) is 6.92 Å². The zero-order valence-corrected chi connectivity index (χ0v) is 19.1. The lowest BCUT2D eigenvalue weighted by Gasteiger charge is -2.14. The molecule has 6 nitrogen and oxygen atoms in total. The molecular weight excluding hydrogens is 453 g/mol. The summed E-state index contributed by atoms with van der Waals surface area (Å²) in [6.45, 7) is 6.05. The standard InChI is InChI=1S/C20H29N5O.HI/c1-6-21-20(22-13-16-11-10-15(2)12-18(16)26-5)23-14-17-8-7-9-19(24-17)25(3)4;/h7-12H,6,13-14H2,1-5H3,(H2,21,22,23);1H. The number of benzene rings is 1. The molecule has 0 aliphatic carbocycles. The Morgan fingerprint density at radius 1 is 1.19 bits per heavy atom. The maximum Gasteiger partial charge on any atom is 0.191 e. The molecule has 27 heavy (non-hydrogen) atoms. The van der Waals surface area contributed by atoms with Crippen LogP contribution in [0.25, 0.3) is 0 Å². The number of hydrogen-bond acceptors (Lipinski definition) is 4. The molecule has 0 radical (unpaired) electrons. The second-order valence-electron chi connectivity index (χ2n) is 6.25. The number of hydrogen-bond donors (Lipinski definition) is 2. The Bertz CT molecular complexity index is 749. The number of guanidine groups is 1. The van der Waals surface area contributed by atoms with Gasteiger partial charge in [-0.15, -0.1) is 24.0 Å². The van der Waals surface area contributed by atoms with E-state index < -0.39 is 0 Å². The van der Waals surface area contributed by atoms with Crippen LogP contribution in [0.3, 0.4) is 0 Å². The Labute approximate surface area is 179 Å². The maximum atomic E-state index is 5.46. The van der Waals surface area contributed by atoms with Gasteiger partial charge in [0.25, 0.3) is 0 Å². The molecule has 0 atom stereocenters. The van der Waals surface area contributed by atoms with E-state index >= 15 is 0 Å².